The molecule has 0 aliphatic carbocycles. The van der Waals surface area contributed by atoms with Gasteiger partial charge >= 0.3 is 6.18 Å². The Morgan fingerprint density at radius 1 is 1.38 bits per heavy atom. The third-order valence-corrected chi connectivity index (χ3v) is 3.69. The minimum absolute atomic E-state index is 0.321. The third kappa shape index (κ3) is 3.11. The van der Waals surface area contributed by atoms with E-state index in [0.717, 1.165) is 12.1 Å². The lowest BCUT2D eigenvalue weighted by Crippen LogP contribution is -2.22. The monoisotopic (exact) mass is 365 g/mol. The zero-order valence-electron chi connectivity index (χ0n) is 11.0. The van der Waals surface area contributed by atoms with Crippen molar-refractivity contribution in [1.82, 2.24) is 9.78 Å². The van der Waals surface area contributed by atoms with Crippen molar-refractivity contribution < 1.29 is 17.6 Å². The Balaban J connectivity index is 2.60. The summed E-state index contributed by atoms with van der Waals surface area (Å²) in [5, 5.41) is 4.01. The van der Waals surface area contributed by atoms with Crippen LogP contribution in [0.4, 0.5) is 17.6 Å². The molecule has 114 valence electrons. The molecule has 0 aliphatic rings. The first-order valence-electron chi connectivity index (χ1n) is 6.09. The molecule has 3 nitrogen and oxygen atoms in total. The number of benzene rings is 1. The van der Waals surface area contributed by atoms with Gasteiger partial charge in [0.25, 0.3) is 0 Å². The first kappa shape index (κ1) is 16.0. The molecule has 0 amide bonds. The second-order valence-corrected chi connectivity index (χ2v) is 5.25. The van der Waals surface area contributed by atoms with Gasteiger partial charge in [-0.2, -0.15) is 18.3 Å². The third-order valence-electron chi connectivity index (χ3n) is 3.08. The maximum Gasteiger partial charge on any atom is 0.416 e. The van der Waals surface area contributed by atoms with Crippen LogP contribution in [0.1, 0.15) is 29.8 Å². The van der Waals surface area contributed by atoms with Crippen LogP contribution in [-0.4, -0.2) is 9.78 Å². The molecule has 0 bridgehead atoms. The van der Waals surface area contributed by atoms with Gasteiger partial charge in [0.15, 0.2) is 0 Å². The van der Waals surface area contributed by atoms with Gasteiger partial charge in [0.2, 0.25) is 0 Å². The average Bonchev–Trinajstić information content (AvgIpc) is 2.77. The smallest absolute Gasteiger partial charge is 0.319 e. The van der Waals surface area contributed by atoms with Crippen molar-refractivity contribution in [1.29, 1.82) is 0 Å². The van der Waals surface area contributed by atoms with Crippen LogP contribution in [0.2, 0.25) is 0 Å². The summed E-state index contributed by atoms with van der Waals surface area (Å²) in [4.78, 5) is 0. The molecule has 2 rings (SSSR count). The molecular formula is C13H12BrF4N3. The van der Waals surface area contributed by atoms with E-state index in [-0.39, 0.29) is 5.56 Å². The number of aromatic nitrogens is 2. The fraction of sp³-hybridized carbons (Fsp3) is 0.308. The highest BCUT2D eigenvalue weighted by Gasteiger charge is 2.36. The number of hydrogen-bond acceptors (Lipinski definition) is 2. The highest BCUT2D eigenvalue weighted by Crippen LogP contribution is 2.37. The van der Waals surface area contributed by atoms with Gasteiger partial charge in [-0.05, 0) is 46.6 Å². The van der Waals surface area contributed by atoms with Crippen molar-refractivity contribution in [2.45, 2.75) is 25.7 Å². The SMILES string of the molecule is CCn1ncc(Br)c1C(N)c1cc(F)ccc1C(F)(F)F. The zero-order chi connectivity index (χ0) is 15.8. The van der Waals surface area contributed by atoms with Gasteiger partial charge in [-0.1, -0.05) is 0 Å². The van der Waals surface area contributed by atoms with E-state index in [1.165, 1.54) is 10.9 Å². The number of alkyl halides is 3. The lowest BCUT2D eigenvalue weighted by molar-refractivity contribution is -0.138. The molecule has 2 N–H and O–H groups in total. The van der Waals surface area contributed by atoms with E-state index in [4.69, 9.17) is 5.73 Å². The summed E-state index contributed by atoms with van der Waals surface area (Å²) in [5.74, 6) is -0.771. The number of aryl methyl sites for hydroxylation is 1. The Labute approximate surface area is 126 Å². The Morgan fingerprint density at radius 2 is 2.05 bits per heavy atom. The summed E-state index contributed by atoms with van der Waals surface area (Å²) < 4.78 is 54.5. The summed E-state index contributed by atoms with van der Waals surface area (Å²) in [6.45, 7) is 2.22. The van der Waals surface area contributed by atoms with Crippen LogP contribution in [0.25, 0.3) is 0 Å². The van der Waals surface area contributed by atoms with Crippen molar-refractivity contribution in [2.24, 2.45) is 5.73 Å². The molecule has 8 heteroatoms. The van der Waals surface area contributed by atoms with E-state index in [1.807, 2.05) is 0 Å². The van der Waals surface area contributed by atoms with Gasteiger partial charge in [0, 0.05) is 6.54 Å². The highest BCUT2D eigenvalue weighted by atomic mass is 79.9. The predicted molar refractivity (Wildman–Crippen MR) is 73.0 cm³/mol. The summed E-state index contributed by atoms with van der Waals surface area (Å²) in [5.41, 5.74) is 5.04. The van der Waals surface area contributed by atoms with Crippen molar-refractivity contribution in [3.63, 3.8) is 0 Å². The number of nitrogens with two attached hydrogens (primary N) is 1. The number of hydrogen-bond donors (Lipinski definition) is 1. The predicted octanol–water partition coefficient (Wildman–Crippen LogP) is 3.87. The molecule has 21 heavy (non-hydrogen) atoms. The molecule has 1 atom stereocenters. The van der Waals surface area contributed by atoms with Crippen molar-refractivity contribution in [3.8, 4) is 0 Å². The van der Waals surface area contributed by atoms with E-state index in [1.54, 1.807) is 6.92 Å². The Morgan fingerprint density at radius 3 is 2.62 bits per heavy atom. The summed E-state index contributed by atoms with van der Waals surface area (Å²) in [6.07, 6.45) is -3.16. The second kappa shape index (κ2) is 5.76. The van der Waals surface area contributed by atoms with Gasteiger partial charge in [0.1, 0.15) is 5.82 Å². The quantitative estimate of drug-likeness (QED) is 0.839. The fourth-order valence-corrected chi connectivity index (χ4v) is 2.67. The van der Waals surface area contributed by atoms with E-state index < -0.39 is 23.6 Å². The topological polar surface area (TPSA) is 43.8 Å². The van der Waals surface area contributed by atoms with Crippen LogP contribution in [-0.2, 0) is 12.7 Å². The molecule has 1 heterocycles. The zero-order valence-corrected chi connectivity index (χ0v) is 12.5. The summed E-state index contributed by atoms with van der Waals surface area (Å²) >= 11 is 3.21. The standard InChI is InChI=1S/C13H12BrF4N3/c1-2-21-12(10(14)6-20-21)11(19)8-5-7(15)3-4-9(8)13(16,17)18/h3-6,11H,2,19H2,1H3. The number of halogens is 5. The van der Waals surface area contributed by atoms with Crippen LogP contribution in [0.15, 0.2) is 28.9 Å². The van der Waals surface area contributed by atoms with Crippen LogP contribution in [0.5, 0.6) is 0 Å². The van der Waals surface area contributed by atoms with Crippen LogP contribution in [0, 0.1) is 5.82 Å². The largest absolute Gasteiger partial charge is 0.416 e. The molecule has 0 fully saturated rings. The first-order chi connectivity index (χ1) is 9.75. The molecule has 1 aromatic heterocycles. The first-order valence-corrected chi connectivity index (χ1v) is 6.88. The van der Waals surface area contributed by atoms with E-state index in [9.17, 15) is 17.6 Å². The van der Waals surface area contributed by atoms with E-state index in [0.29, 0.717) is 22.8 Å². The lowest BCUT2D eigenvalue weighted by Gasteiger charge is -2.19. The molecule has 0 radical (unpaired) electrons. The van der Waals surface area contributed by atoms with Gasteiger partial charge in [-0.15, -0.1) is 0 Å². The van der Waals surface area contributed by atoms with Crippen molar-refractivity contribution in [2.75, 3.05) is 0 Å². The average molecular weight is 366 g/mol. The van der Waals surface area contributed by atoms with Gasteiger partial charge in [-0.25, -0.2) is 4.39 Å². The maximum absolute atomic E-state index is 13.4. The molecular weight excluding hydrogens is 354 g/mol. The lowest BCUT2D eigenvalue weighted by atomic mass is 9.98. The molecule has 2 aromatic rings. The van der Waals surface area contributed by atoms with E-state index in [2.05, 4.69) is 21.0 Å². The Hall–Kier alpha value is -1.41. The molecule has 1 unspecified atom stereocenters. The number of rotatable bonds is 3. The minimum atomic E-state index is -4.61. The summed E-state index contributed by atoms with van der Waals surface area (Å²) in [7, 11) is 0. The second-order valence-electron chi connectivity index (χ2n) is 4.40. The Bertz CT molecular complexity index is 651. The normalized spacial score (nSPS) is 13.5. The highest BCUT2D eigenvalue weighted by molar-refractivity contribution is 9.10. The fourth-order valence-electron chi connectivity index (χ4n) is 2.13. The molecule has 0 saturated heterocycles. The molecule has 0 spiro atoms. The van der Waals surface area contributed by atoms with Crippen LogP contribution >= 0.6 is 15.9 Å². The summed E-state index contributed by atoms with van der Waals surface area (Å²) in [6, 6.07) is 1.14. The van der Waals surface area contributed by atoms with Gasteiger partial charge < -0.3 is 5.73 Å². The maximum atomic E-state index is 13.4. The minimum Gasteiger partial charge on any atom is -0.319 e. The van der Waals surface area contributed by atoms with Gasteiger partial charge in [0.05, 0.1) is 28.0 Å². The molecule has 1 aromatic carbocycles. The van der Waals surface area contributed by atoms with Crippen molar-refractivity contribution in [3.05, 3.63) is 51.5 Å². The van der Waals surface area contributed by atoms with Crippen LogP contribution < -0.4 is 5.73 Å². The van der Waals surface area contributed by atoms with Crippen LogP contribution in [0.3, 0.4) is 0 Å². The molecule has 0 aliphatic heterocycles. The van der Waals surface area contributed by atoms with Gasteiger partial charge in [-0.3, -0.25) is 4.68 Å². The van der Waals surface area contributed by atoms with E-state index >= 15 is 0 Å². The van der Waals surface area contributed by atoms with Crippen molar-refractivity contribution >= 4 is 15.9 Å². The molecule has 0 saturated carbocycles. The number of nitrogens with zero attached hydrogens (tertiary/aromatic N) is 2. The Kier molecular flexibility index (Phi) is 4.38.